The Morgan fingerprint density at radius 3 is 2.60 bits per heavy atom. The van der Waals surface area contributed by atoms with Crippen molar-refractivity contribution in [2.45, 2.75) is 26.2 Å². The second-order valence-corrected chi connectivity index (χ2v) is 4.11. The van der Waals surface area contributed by atoms with E-state index in [-0.39, 0.29) is 18.1 Å². The molecule has 0 aliphatic carbocycles. The van der Waals surface area contributed by atoms with Crippen LogP contribution in [0.25, 0.3) is 0 Å². The van der Waals surface area contributed by atoms with Crippen LogP contribution in [0.3, 0.4) is 0 Å². The van der Waals surface area contributed by atoms with E-state index < -0.39 is 22.1 Å². The molecule has 0 radical (unpaired) electrons. The fourth-order valence-corrected chi connectivity index (χ4v) is 1.73. The Hall–Kier alpha value is -2.31. The number of hydrogen-bond donors (Lipinski definition) is 1. The zero-order chi connectivity index (χ0) is 15.1. The van der Waals surface area contributed by atoms with E-state index in [1.807, 2.05) is 6.92 Å². The molecule has 1 aromatic rings. The van der Waals surface area contributed by atoms with E-state index in [0.717, 1.165) is 25.3 Å². The van der Waals surface area contributed by atoms with Crippen LogP contribution in [0, 0.1) is 10.1 Å². The average molecular weight is 283 g/mol. The molecule has 7 heteroatoms. The van der Waals surface area contributed by atoms with E-state index in [2.05, 4.69) is 0 Å². The van der Waals surface area contributed by atoms with Gasteiger partial charge in [0.1, 0.15) is 5.56 Å². The molecule has 110 valence electrons. The molecule has 0 saturated carbocycles. The van der Waals surface area contributed by atoms with Gasteiger partial charge in [0.15, 0.2) is 5.75 Å². The zero-order valence-corrected chi connectivity index (χ0v) is 11.4. The third-order valence-electron chi connectivity index (χ3n) is 2.72. The van der Waals surface area contributed by atoms with Crippen molar-refractivity contribution in [3.8, 4) is 11.5 Å². The minimum atomic E-state index is -1.38. The fraction of sp³-hybridized carbons (Fsp3) is 0.462. The van der Waals surface area contributed by atoms with Crippen molar-refractivity contribution in [1.29, 1.82) is 0 Å². The molecule has 0 fully saturated rings. The number of ether oxygens (including phenoxy) is 2. The molecule has 0 spiro atoms. The molecule has 0 heterocycles. The fourth-order valence-electron chi connectivity index (χ4n) is 1.73. The summed E-state index contributed by atoms with van der Waals surface area (Å²) in [4.78, 5) is 21.4. The first-order valence-electron chi connectivity index (χ1n) is 6.24. The number of nitrogens with zero attached hydrogens (tertiary/aromatic N) is 1. The number of carboxylic acid groups (broad SMARTS) is 1. The number of hydrogen-bond acceptors (Lipinski definition) is 5. The van der Waals surface area contributed by atoms with Crippen molar-refractivity contribution in [3.05, 3.63) is 27.8 Å². The summed E-state index contributed by atoms with van der Waals surface area (Å²) in [7, 11) is 1.35. The summed E-state index contributed by atoms with van der Waals surface area (Å²) in [6.07, 6.45) is 2.64. The number of unbranched alkanes of at least 4 members (excludes halogenated alkanes) is 2. The maximum Gasteiger partial charge on any atom is 0.342 e. The van der Waals surface area contributed by atoms with Crippen LogP contribution in [0.2, 0.25) is 0 Å². The maximum absolute atomic E-state index is 11.1. The lowest BCUT2D eigenvalue weighted by atomic mass is 10.1. The van der Waals surface area contributed by atoms with Gasteiger partial charge in [0.25, 0.3) is 0 Å². The summed E-state index contributed by atoms with van der Waals surface area (Å²) < 4.78 is 10.4. The number of rotatable bonds is 8. The summed E-state index contributed by atoms with van der Waals surface area (Å²) in [5.41, 5.74) is -0.991. The van der Waals surface area contributed by atoms with Crippen LogP contribution < -0.4 is 9.47 Å². The van der Waals surface area contributed by atoms with Gasteiger partial charge in [-0.25, -0.2) is 4.79 Å². The second kappa shape index (κ2) is 7.32. The van der Waals surface area contributed by atoms with Crippen molar-refractivity contribution in [2.75, 3.05) is 13.7 Å². The number of aromatic carboxylic acids is 1. The molecule has 0 unspecified atom stereocenters. The maximum atomic E-state index is 11.1. The van der Waals surface area contributed by atoms with Crippen LogP contribution in [-0.2, 0) is 0 Å². The molecular weight excluding hydrogens is 266 g/mol. The Balaban J connectivity index is 3.17. The number of nitro groups is 1. The van der Waals surface area contributed by atoms with E-state index in [9.17, 15) is 14.9 Å². The van der Waals surface area contributed by atoms with E-state index in [1.54, 1.807) is 0 Å². The lowest BCUT2D eigenvalue weighted by molar-refractivity contribution is -0.386. The Bertz CT molecular complexity index is 500. The Morgan fingerprint density at radius 1 is 1.40 bits per heavy atom. The van der Waals surface area contributed by atoms with Gasteiger partial charge >= 0.3 is 11.7 Å². The topological polar surface area (TPSA) is 98.9 Å². The lowest BCUT2D eigenvalue weighted by Gasteiger charge is -2.12. The van der Waals surface area contributed by atoms with Gasteiger partial charge in [-0.2, -0.15) is 0 Å². The number of methoxy groups -OCH3 is 1. The third-order valence-corrected chi connectivity index (χ3v) is 2.72. The standard InChI is InChI=1S/C13H17NO6/c1-3-4-5-8-20-12-10(19-2)7-6-9(13(15)16)11(12)14(17)18/h6-7H,3-5,8H2,1-2H3,(H,15,16). The van der Waals surface area contributed by atoms with Crippen LogP contribution in [-0.4, -0.2) is 29.7 Å². The Morgan fingerprint density at radius 2 is 2.10 bits per heavy atom. The molecular formula is C13H17NO6. The minimum absolute atomic E-state index is 0.131. The number of carbonyl (C=O) groups is 1. The van der Waals surface area contributed by atoms with Crippen LogP contribution in [0.15, 0.2) is 12.1 Å². The predicted octanol–water partition coefficient (Wildman–Crippen LogP) is 2.87. The Kier molecular flexibility index (Phi) is 5.76. The molecule has 0 bridgehead atoms. The van der Waals surface area contributed by atoms with Crippen molar-refractivity contribution in [2.24, 2.45) is 0 Å². The van der Waals surface area contributed by atoms with Crippen molar-refractivity contribution in [1.82, 2.24) is 0 Å². The highest BCUT2D eigenvalue weighted by molar-refractivity contribution is 5.94. The molecule has 1 rings (SSSR count). The predicted molar refractivity (Wildman–Crippen MR) is 71.6 cm³/mol. The molecule has 1 aromatic carbocycles. The van der Waals surface area contributed by atoms with Gasteiger partial charge in [-0.3, -0.25) is 10.1 Å². The molecule has 0 saturated heterocycles. The molecule has 0 aromatic heterocycles. The number of nitro benzene ring substituents is 1. The van der Waals surface area contributed by atoms with Crippen molar-refractivity contribution >= 4 is 11.7 Å². The van der Waals surface area contributed by atoms with Crippen LogP contribution in [0.5, 0.6) is 11.5 Å². The molecule has 7 nitrogen and oxygen atoms in total. The summed E-state index contributed by atoms with van der Waals surface area (Å²) in [5.74, 6) is -1.36. The van der Waals surface area contributed by atoms with E-state index >= 15 is 0 Å². The molecule has 0 amide bonds. The molecule has 0 aliphatic heterocycles. The van der Waals surface area contributed by atoms with Gasteiger partial charge in [0.05, 0.1) is 18.6 Å². The van der Waals surface area contributed by atoms with Gasteiger partial charge in [0.2, 0.25) is 5.75 Å². The smallest absolute Gasteiger partial charge is 0.342 e. The van der Waals surface area contributed by atoms with E-state index in [1.165, 1.54) is 13.2 Å². The second-order valence-electron chi connectivity index (χ2n) is 4.11. The van der Waals surface area contributed by atoms with Gasteiger partial charge in [-0.05, 0) is 18.6 Å². The largest absolute Gasteiger partial charge is 0.493 e. The van der Waals surface area contributed by atoms with E-state index in [4.69, 9.17) is 14.6 Å². The quantitative estimate of drug-likeness (QED) is 0.447. The van der Waals surface area contributed by atoms with Crippen LogP contribution in [0.1, 0.15) is 36.5 Å². The molecule has 20 heavy (non-hydrogen) atoms. The van der Waals surface area contributed by atoms with Gasteiger partial charge in [-0.1, -0.05) is 19.8 Å². The van der Waals surface area contributed by atoms with Gasteiger partial charge < -0.3 is 14.6 Å². The van der Waals surface area contributed by atoms with E-state index in [0.29, 0.717) is 0 Å². The highest BCUT2D eigenvalue weighted by Gasteiger charge is 2.29. The molecule has 0 aliphatic rings. The third kappa shape index (κ3) is 3.59. The first kappa shape index (κ1) is 15.7. The lowest BCUT2D eigenvalue weighted by Crippen LogP contribution is -2.08. The van der Waals surface area contributed by atoms with Crippen LogP contribution in [0.4, 0.5) is 5.69 Å². The molecule has 1 N–H and O–H groups in total. The average Bonchev–Trinajstić information content (AvgIpc) is 2.42. The SMILES string of the molecule is CCCCCOc1c(OC)ccc(C(=O)O)c1[N+](=O)[O-]. The summed E-state index contributed by atoms with van der Waals surface area (Å²) in [6, 6.07) is 2.49. The Labute approximate surface area is 116 Å². The first-order chi connectivity index (χ1) is 9.52. The summed E-state index contributed by atoms with van der Waals surface area (Å²) in [5, 5.41) is 20.1. The molecule has 0 atom stereocenters. The zero-order valence-electron chi connectivity index (χ0n) is 11.4. The number of carboxylic acids is 1. The minimum Gasteiger partial charge on any atom is -0.493 e. The summed E-state index contributed by atoms with van der Waals surface area (Å²) in [6.45, 7) is 2.29. The summed E-state index contributed by atoms with van der Waals surface area (Å²) >= 11 is 0. The number of benzene rings is 1. The van der Waals surface area contributed by atoms with Gasteiger partial charge in [-0.15, -0.1) is 0 Å². The monoisotopic (exact) mass is 283 g/mol. The first-order valence-corrected chi connectivity index (χ1v) is 6.24. The van der Waals surface area contributed by atoms with Crippen molar-refractivity contribution < 1.29 is 24.3 Å². The highest BCUT2D eigenvalue weighted by Crippen LogP contribution is 2.39. The normalized spacial score (nSPS) is 10.1. The van der Waals surface area contributed by atoms with Gasteiger partial charge in [0, 0.05) is 0 Å². The van der Waals surface area contributed by atoms with Crippen LogP contribution >= 0.6 is 0 Å². The highest BCUT2D eigenvalue weighted by atomic mass is 16.6. The van der Waals surface area contributed by atoms with Crippen molar-refractivity contribution in [3.63, 3.8) is 0 Å².